The number of hydrogen-bond acceptors (Lipinski definition) is 4. The Morgan fingerprint density at radius 2 is 0.850 bits per heavy atom. The molecule has 1 aromatic carbocycles. The Morgan fingerprint density at radius 3 is 1.30 bits per heavy atom. The number of hydrogen-bond donors (Lipinski definition) is 0. The van der Waals surface area contributed by atoms with Gasteiger partial charge in [-0.25, -0.2) is 0 Å². The van der Waals surface area contributed by atoms with Crippen LogP contribution in [-0.2, 0) is 16.0 Å². The van der Waals surface area contributed by atoms with E-state index < -0.39 is 0 Å². The number of esters is 2. The van der Waals surface area contributed by atoms with Gasteiger partial charge in [0.25, 0.3) is 0 Å². The van der Waals surface area contributed by atoms with E-state index in [0.29, 0.717) is 24.3 Å². The van der Waals surface area contributed by atoms with Crippen LogP contribution < -0.4 is 9.47 Å². The lowest BCUT2D eigenvalue weighted by Crippen LogP contribution is -2.12. The average molecular weight is 559 g/mol. The molecule has 0 radical (unpaired) electrons. The Hall–Kier alpha value is -1.84. The third-order valence-electron chi connectivity index (χ3n) is 7.74. The van der Waals surface area contributed by atoms with Gasteiger partial charge >= 0.3 is 11.9 Å². The summed E-state index contributed by atoms with van der Waals surface area (Å²) in [4.78, 5) is 25.2. The van der Waals surface area contributed by atoms with Crippen molar-refractivity contribution in [2.75, 3.05) is 0 Å². The van der Waals surface area contributed by atoms with E-state index in [2.05, 4.69) is 20.8 Å². The van der Waals surface area contributed by atoms with E-state index >= 15 is 0 Å². The van der Waals surface area contributed by atoms with Crippen molar-refractivity contribution in [3.05, 3.63) is 23.8 Å². The van der Waals surface area contributed by atoms with Gasteiger partial charge in [0.1, 0.15) is 0 Å². The van der Waals surface area contributed by atoms with Crippen molar-refractivity contribution in [2.24, 2.45) is 0 Å². The van der Waals surface area contributed by atoms with Crippen LogP contribution in [0.1, 0.15) is 180 Å². The van der Waals surface area contributed by atoms with Crippen LogP contribution in [0.15, 0.2) is 18.2 Å². The number of aryl methyl sites for hydroxylation is 1. The van der Waals surface area contributed by atoms with Crippen LogP contribution in [0.3, 0.4) is 0 Å². The van der Waals surface area contributed by atoms with Gasteiger partial charge in [-0.05, 0) is 43.4 Å². The number of carbonyl (C=O) groups is 2. The van der Waals surface area contributed by atoms with E-state index in [1.54, 1.807) is 0 Å². The molecule has 0 amide bonds. The largest absolute Gasteiger partial charge is 0.423 e. The number of carbonyl (C=O) groups excluding carboxylic acids is 2. The summed E-state index contributed by atoms with van der Waals surface area (Å²) in [5, 5.41) is 0. The highest BCUT2D eigenvalue weighted by Gasteiger charge is 2.15. The summed E-state index contributed by atoms with van der Waals surface area (Å²) in [6.45, 7) is 6.70. The van der Waals surface area contributed by atoms with E-state index in [9.17, 15) is 9.59 Å². The second kappa shape index (κ2) is 26.1. The monoisotopic (exact) mass is 558 g/mol. The maximum atomic E-state index is 12.7. The number of ether oxygens (including phenoxy) is 2. The smallest absolute Gasteiger partial charge is 0.311 e. The minimum atomic E-state index is -0.242. The summed E-state index contributed by atoms with van der Waals surface area (Å²) >= 11 is 0. The Balaban J connectivity index is 2.57. The third kappa shape index (κ3) is 20.1. The van der Waals surface area contributed by atoms with Crippen LogP contribution in [0.5, 0.6) is 11.5 Å². The molecule has 40 heavy (non-hydrogen) atoms. The predicted octanol–water partition coefficient (Wildman–Crippen LogP) is 11.5. The average Bonchev–Trinajstić information content (AvgIpc) is 2.94. The van der Waals surface area contributed by atoms with Gasteiger partial charge in [0.05, 0.1) is 0 Å². The first-order valence-corrected chi connectivity index (χ1v) is 17.1. The second-order valence-electron chi connectivity index (χ2n) is 11.7. The lowest BCUT2D eigenvalue weighted by molar-refractivity contribution is -0.137. The van der Waals surface area contributed by atoms with Crippen LogP contribution in [0, 0.1) is 0 Å². The zero-order valence-corrected chi connectivity index (χ0v) is 26.5. The van der Waals surface area contributed by atoms with Crippen molar-refractivity contribution in [1.29, 1.82) is 0 Å². The molecule has 0 N–H and O–H groups in total. The molecule has 0 spiro atoms. The first kappa shape index (κ1) is 36.2. The van der Waals surface area contributed by atoms with Gasteiger partial charge in [-0.1, -0.05) is 149 Å². The summed E-state index contributed by atoms with van der Waals surface area (Å²) in [5.41, 5.74) is 1.14. The van der Waals surface area contributed by atoms with Crippen molar-refractivity contribution in [3.8, 4) is 11.5 Å². The van der Waals surface area contributed by atoms with Crippen molar-refractivity contribution in [1.82, 2.24) is 0 Å². The predicted molar refractivity (Wildman–Crippen MR) is 169 cm³/mol. The fraction of sp³-hybridized carbons (Fsp3) is 0.778. The maximum absolute atomic E-state index is 12.7. The highest BCUT2D eigenvalue weighted by Crippen LogP contribution is 2.30. The van der Waals surface area contributed by atoms with E-state index in [0.717, 1.165) is 44.1 Å². The minimum Gasteiger partial charge on any atom is -0.423 e. The normalized spacial score (nSPS) is 11.1. The third-order valence-corrected chi connectivity index (χ3v) is 7.74. The quantitative estimate of drug-likeness (QED) is 0.0612. The number of benzene rings is 1. The fourth-order valence-electron chi connectivity index (χ4n) is 5.14. The molecule has 1 rings (SSSR count). The van der Waals surface area contributed by atoms with E-state index in [1.807, 2.05) is 18.2 Å². The van der Waals surface area contributed by atoms with Crippen molar-refractivity contribution in [2.45, 2.75) is 181 Å². The molecular formula is C36H62O4. The zero-order valence-electron chi connectivity index (χ0n) is 26.5. The van der Waals surface area contributed by atoms with Gasteiger partial charge in [-0.3, -0.25) is 9.59 Å². The molecule has 4 heteroatoms. The van der Waals surface area contributed by atoms with E-state index in [4.69, 9.17) is 9.47 Å². The van der Waals surface area contributed by atoms with Gasteiger partial charge in [0.2, 0.25) is 0 Å². The van der Waals surface area contributed by atoms with Gasteiger partial charge in [0, 0.05) is 12.8 Å². The fourth-order valence-corrected chi connectivity index (χ4v) is 5.14. The van der Waals surface area contributed by atoms with Crippen molar-refractivity contribution in [3.63, 3.8) is 0 Å². The Kier molecular flexibility index (Phi) is 23.6. The van der Waals surface area contributed by atoms with Crippen molar-refractivity contribution < 1.29 is 19.1 Å². The molecule has 0 aromatic heterocycles. The molecule has 0 saturated carbocycles. The van der Waals surface area contributed by atoms with Crippen LogP contribution in [0.4, 0.5) is 0 Å². The molecule has 0 aliphatic carbocycles. The Morgan fingerprint density at radius 1 is 0.475 bits per heavy atom. The number of unbranched alkanes of at least 4 members (excludes halogenated alkanes) is 19. The minimum absolute atomic E-state index is 0.234. The SMILES string of the molecule is CCCCCCCCCCc1ccc(OC(=O)CCCCCCCCC)c(OC(=O)CCCCCCCCC)c1. The molecule has 0 atom stereocenters. The highest BCUT2D eigenvalue weighted by atomic mass is 16.6. The molecule has 0 aliphatic rings. The molecule has 0 heterocycles. The summed E-state index contributed by atoms with van der Waals surface area (Å²) in [6.07, 6.45) is 28.2. The van der Waals surface area contributed by atoms with Crippen LogP contribution in [0.25, 0.3) is 0 Å². The van der Waals surface area contributed by atoms with Gasteiger partial charge in [-0.2, -0.15) is 0 Å². The van der Waals surface area contributed by atoms with Crippen LogP contribution in [-0.4, -0.2) is 11.9 Å². The molecule has 0 fully saturated rings. The summed E-state index contributed by atoms with van der Waals surface area (Å²) in [5.74, 6) is 0.300. The molecule has 230 valence electrons. The standard InChI is InChI=1S/C36H62O4/c1-4-7-10-13-16-19-20-23-26-32-29-30-33(39-35(37)27-24-21-17-14-11-8-5-2)34(31-32)40-36(38)28-25-22-18-15-12-9-6-3/h29-31H,4-28H2,1-3H3. The zero-order chi connectivity index (χ0) is 29.1. The van der Waals surface area contributed by atoms with E-state index in [1.165, 1.54) is 109 Å². The first-order valence-electron chi connectivity index (χ1n) is 17.1. The molecule has 0 aliphatic heterocycles. The Bertz CT molecular complexity index is 757. The van der Waals surface area contributed by atoms with Crippen LogP contribution in [0.2, 0.25) is 0 Å². The molecule has 0 unspecified atom stereocenters. The van der Waals surface area contributed by atoms with E-state index in [-0.39, 0.29) is 11.9 Å². The van der Waals surface area contributed by atoms with Gasteiger partial charge in [0.15, 0.2) is 11.5 Å². The molecule has 4 nitrogen and oxygen atoms in total. The Labute approximate surface area is 247 Å². The first-order chi connectivity index (χ1) is 19.6. The lowest BCUT2D eigenvalue weighted by atomic mass is 10.0. The molecule has 1 aromatic rings. The van der Waals surface area contributed by atoms with Gasteiger partial charge in [-0.15, -0.1) is 0 Å². The molecule has 0 saturated heterocycles. The van der Waals surface area contributed by atoms with Gasteiger partial charge < -0.3 is 9.47 Å². The van der Waals surface area contributed by atoms with Crippen LogP contribution >= 0.6 is 0 Å². The number of rotatable bonds is 27. The lowest BCUT2D eigenvalue weighted by Gasteiger charge is -2.13. The molecular weight excluding hydrogens is 496 g/mol. The summed E-state index contributed by atoms with van der Waals surface area (Å²) < 4.78 is 11.5. The summed E-state index contributed by atoms with van der Waals surface area (Å²) in [7, 11) is 0. The highest BCUT2D eigenvalue weighted by molar-refractivity contribution is 5.76. The topological polar surface area (TPSA) is 52.6 Å². The second-order valence-corrected chi connectivity index (χ2v) is 11.7. The summed E-state index contributed by atoms with van der Waals surface area (Å²) in [6, 6.07) is 5.75. The maximum Gasteiger partial charge on any atom is 0.311 e. The van der Waals surface area contributed by atoms with Crippen molar-refractivity contribution >= 4 is 11.9 Å². The molecule has 0 bridgehead atoms.